The number of hydrogen-bond donors (Lipinski definition) is 2. The van der Waals surface area contributed by atoms with E-state index in [-0.39, 0.29) is 23.4 Å². The van der Waals surface area contributed by atoms with E-state index in [9.17, 15) is 24.3 Å². The third-order valence-electron chi connectivity index (χ3n) is 8.50. The van der Waals surface area contributed by atoms with Crippen molar-refractivity contribution in [2.24, 2.45) is 5.92 Å². The molecule has 2 N–H and O–H groups in total. The van der Waals surface area contributed by atoms with E-state index in [2.05, 4.69) is 31.0 Å². The van der Waals surface area contributed by atoms with Crippen LogP contribution in [-0.2, 0) is 23.6 Å². The number of aromatic nitrogens is 2. The van der Waals surface area contributed by atoms with Crippen LogP contribution >= 0.6 is 18.7 Å². The number of aryl methyl sites for hydroxylation is 1. The summed E-state index contributed by atoms with van der Waals surface area (Å²) in [5.74, 6) is -2.56. The van der Waals surface area contributed by atoms with E-state index in [4.69, 9.17) is 9.26 Å². The van der Waals surface area contributed by atoms with Crippen LogP contribution in [-0.4, -0.2) is 87.1 Å². The summed E-state index contributed by atoms with van der Waals surface area (Å²) < 4.78 is 13.4. The molecule has 10 nitrogen and oxygen atoms in total. The van der Waals surface area contributed by atoms with Gasteiger partial charge < -0.3 is 0 Å². The van der Waals surface area contributed by atoms with E-state index in [0.717, 1.165) is 49.8 Å². The molecule has 1 unspecified atom stereocenters. The maximum atomic E-state index is 14.1. The number of esters is 1. The zero-order valence-corrected chi connectivity index (χ0v) is 28.4. The number of aliphatic hydroxyl groups is 1. The summed E-state index contributed by atoms with van der Waals surface area (Å²) in [4.78, 5) is 53.0. The fourth-order valence-electron chi connectivity index (χ4n) is 6.31. The van der Waals surface area contributed by atoms with Crippen LogP contribution < -0.4 is 0 Å². The number of ether oxygens (including phenoxy) is 1. The van der Waals surface area contributed by atoms with Gasteiger partial charge in [0.25, 0.3) is 0 Å². The van der Waals surface area contributed by atoms with E-state index in [1.54, 1.807) is 23.4 Å². The number of aliphatic hydroxyl groups excluding tert-OH is 1. The van der Waals surface area contributed by atoms with Gasteiger partial charge in [0.15, 0.2) is 0 Å². The van der Waals surface area contributed by atoms with Crippen LogP contribution in [0.15, 0.2) is 0 Å². The van der Waals surface area contributed by atoms with Gasteiger partial charge in [0.2, 0.25) is 0 Å². The van der Waals surface area contributed by atoms with Crippen molar-refractivity contribution in [3.8, 4) is 0 Å². The van der Waals surface area contributed by atoms with Crippen LogP contribution in [0.5, 0.6) is 0 Å². The number of nitrogens with one attached hydrogen (secondary N) is 1. The molecule has 1 amide bonds. The number of unbranched alkanes of at least 4 members (excludes halogenated alkanes) is 3. The summed E-state index contributed by atoms with van der Waals surface area (Å²) in [5, 5.41) is 18.1. The second kappa shape index (κ2) is 15.7. The van der Waals surface area contributed by atoms with Crippen molar-refractivity contribution < 1.29 is 33.5 Å². The Morgan fingerprint density at radius 3 is 2.07 bits per heavy atom. The first-order valence-corrected chi connectivity index (χ1v) is 19.3. The zero-order valence-electron chi connectivity index (χ0n) is 26.7. The molecule has 0 bridgehead atoms. The van der Waals surface area contributed by atoms with Gasteiger partial charge in [-0.05, 0) is 0 Å². The molecular formula is C30H52N3O7PS. The molecule has 42 heavy (non-hydrogen) atoms. The number of amides is 1. The molecule has 1 aliphatic rings. The summed E-state index contributed by atoms with van der Waals surface area (Å²) in [7, 11) is 0. The van der Waals surface area contributed by atoms with Gasteiger partial charge in [0, 0.05) is 0 Å². The van der Waals surface area contributed by atoms with Crippen molar-refractivity contribution >= 4 is 42.4 Å². The molecule has 0 aliphatic carbocycles. The van der Waals surface area contributed by atoms with Crippen LogP contribution in [0, 0.1) is 12.8 Å². The number of nitrogens with zero attached hydrogens (tertiary/aromatic N) is 2. The van der Waals surface area contributed by atoms with Crippen molar-refractivity contribution in [1.29, 1.82) is 0 Å². The van der Waals surface area contributed by atoms with Gasteiger partial charge in [-0.25, -0.2) is 0 Å². The summed E-state index contributed by atoms with van der Waals surface area (Å²) in [5.41, 5.74) is 2.01. The number of rotatable bonds is 19. The molecule has 12 heteroatoms. The second-order valence-electron chi connectivity index (χ2n) is 11.7. The Balaban J connectivity index is 2.72. The Hall–Kier alpha value is -1.97. The predicted octanol–water partition coefficient (Wildman–Crippen LogP) is 5.81. The number of β-lactam (4-membered cyclic amide) rings is 1. The molecule has 2 heterocycles. The maximum absolute atomic E-state index is 14.1. The molecule has 1 aromatic heterocycles. The number of carbonyl (C=O) groups excluding carboxylic acids is 4. The van der Waals surface area contributed by atoms with E-state index >= 15 is 0 Å². The average Bonchev–Trinajstić information content (AvgIpc) is 3.33. The van der Waals surface area contributed by atoms with Gasteiger partial charge in [-0.3, -0.25) is 0 Å². The Morgan fingerprint density at radius 1 is 1.07 bits per heavy atom. The van der Waals surface area contributed by atoms with Gasteiger partial charge >= 0.3 is 256 Å². The van der Waals surface area contributed by atoms with E-state index in [0.29, 0.717) is 24.2 Å². The molecule has 4 atom stereocenters. The summed E-state index contributed by atoms with van der Waals surface area (Å²) in [6.45, 7) is 8.48. The van der Waals surface area contributed by atoms with Crippen LogP contribution in [0.1, 0.15) is 113 Å². The van der Waals surface area contributed by atoms with Crippen LogP contribution in [0.25, 0.3) is 0 Å². The van der Waals surface area contributed by atoms with Crippen molar-refractivity contribution in [2.75, 3.05) is 31.3 Å². The number of thioether (sulfide) groups is 1. The Morgan fingerprint density at radius 2 is 1.62 bits per heavy atom. The fraction of sp³-hybridized carbons (Fsp3) is 0.767. The zero-order chi connectivity index (χ0) is 31.7. The Labute approximate surface area is 255 Å². The summed E-state index contributed by atoms with van der Waals surface area (Å²) >= 11 is 1.61. The number of carbonyl (C=O) groups is 4. The van der Waals surface area contributed by atoms with Crippen LogP contribution in [0.4, 0.5) is 0 Å². The number of Topliss-reactive ketones (excluding diaryl/α,β-unsaturated/α-hetero) is 1. The van der Waals surface area contributed by atoms with E-state index in [1.807, 2.05) is 20.1 Å². The molecule has 0 spiro atoms. The van der Waals surface area contributed by atoms with Crippen molar-refractivity contribution in [1.82, 2.24) is 14.9 Å². The SMILES string of the molecule is CCCCP(CCCC)(CCCC)(OC(=O)COC(C)=O)N1C(=O)[C@H]([C@@H](C)O)[C@H]1CC(=O)c1n[nH]c(C)c1C(C)SC. The van der Waals surface area contributed by atoms with Gasteiger partial charge in [-0.2, -0.15) is 0 Å². The van der Waals surface area contributed by atoms with Gasteiger partial charge in [-0.1, -0.05) is 0 Å². The number of H-pyrrole nitrogens is 1. The normalized spacial score (nSPS) is 19.4. The molecule has 0 radical (unpaired) electrons. The van der Waals surface area contributed by atoms with Crippen molar-refractivity contribution in [3.63, 3.8) is 0 Å². The van der Waals surface area contributed by atoms with Gasteiger partial charge in [0.1, 0.15) is 0 Å². The van der Waals surface area contributed by atoms with Crippen molar-refractivity contribution in [2.45, 2.75) is 111 Å². The van der Waals surface area contributed by atoms with E-state index in [1.165, 1.54) is 6.92 Å². The van der Waals surface area contributed by atoms with Crippen LogP contribution in [0.2, 0.25) is 0 Å². The fourth-order valence-corrected chi connectivity index (χ4v) is 13.8. The van der Waals surface area contributed by atoms with Gasteiger partial charge in [0.05, 0.1) is 0 Å². The minimum absolute atomic E-state index is 0.0366. The standard InChI is InChI=1S/C30H52N3O7PS/c1-9-12-15-41(16-13-10-2,17-14-11-3,40-26(37)19-39-23(7)35)33-24(28(21(5)34)30(33)38)18-25(36)29-27(22(6)42-8)20(4)31-32-29/h21-22,24,28,34H,9-19H2,1-8H3,(H,31,32)/t21-,22?,24-,28-/m1/s1. The number of ketones is 1. The molecule has 2 rings (SSSR count). The average molecular weight is 630 g/mol. The molecule has 1 fully saturated rings. The van der Waals surface area contributed by atoms with Crippen LogP contribution in [0.3, 0.4) is 0 Å². The second-order valence-corrected chi connectivity index (χ2v) is 17.9. The van der Waals surface area contributed by atoms with Gasteiger partial charge in [-0.15, -0.1) is 0 Å². The summed E-state index contributed by atoms with van der Waals surface area (Å²) in [6, 6.07) is -0.649. The number of aromatic amines is 1. The quantitative estimate of drug-likeness (QED) is 0.0840. The molecular weight excluding hydrogens is 577 g/mol. The third-order valence-corrected chi connectivity index (χ3v) is 15.7. The predicted molar refractivity (Wildman–Crippen MR) is 169 cm³/mol. The van der Waals surface area contributed by atoms with Crippen molar-refractivity contribution in [3.05, 3.63) is 17.0 Å². The topological polar surface area (TPSA) is 139 Å². The molecule has 1 aliphatic heterocycles. The molecule has 240 valence electrons. The monoisotopic (exact) mass is 629 g/mol. The minimum atomic E-state index is -3.85. The number of hydrogen-bond acceptors (Lipinski definition) is 9. The Bertz CT molecular complexity index is 1080. The first kappa shape index (κ1) is 36.2. The third kappa shape index (κ3) is 7.75. The molecule has 1 saturated heterocycles. The Kier molecular flexibility index (Phi) is 13.5. The molecule has 0 aromatic carbocycles. The molecule has 1 aromatic rings. The van der Waals surface area contributed by atoms with E-state index < -0.39 is 43.6 Å². The first-order valence-electron chi connectivity index (χ1n) is 15.3. The molecule has 0 saturated carbocycles. The summed E-state index contributed by atoms with van der Waals surface area (Å²) in [6.07, 6.45) is 7.13. The first-order chi connectivity index (χ1) is 19.8.